The van der Waals surface area contributed by atoms with E-state index in [1.165, 1.54) is 0 Å². The molecule has 0 atom stereocenters. The summed E-state index contributed by atoms with van der Waals surface area (Å²) in [7, 11) is 3.21. The van der Waals surface area contributed by atoms with E-state index in [2.05, 4.69) is 21.2 Å². The van der Waals surface area contributed by atoms with Crippen LogP contribution in [-0.2, 0) is 6.54 Å². The van der Waals surface area contributed by atoms with Gasteiger partial charge in [0.1, 0.15) is 22.8 Å². The van der Waals surface area contributed by atoms with Crippen LogP contribution in [0.5, 0.6) is 11.5 Å². The average Bonchev–Trinajstić information content (AvgIpc) is 2.60. The van der Waals surface area contributed by atoms with E-state index in [1.807, 2.05) is 24.3 Å². The van der Waals surface area contributed by atoms with Crippen LogP contribution >= 0.6 is 15.9 Å². The minimum Gasteiger partial charge on any atom is -0.497 e. The summed E-state index contributed by atoms with van der Waals surface area (Å²) in [6.45, 7) is 0.456. The maximum Gasteiger partial charge on any atom is 0.359 e. The van der Waals surface area contributed by atoms with Gasteiger partial charge < -0.3 is 19.2 Å². The Labute approximate surface area is 147 Å². The molecule has 0 bridgehead atoms. The Morgan fingerprint density at radius 3 is 2.50 bits per heavy atom. The van der Waals surface area contributed by atoms with E-state index in [-0.39, 0.29) is 0 Å². The summed E-state index contributed by atoms with van der Waals surface area (Å²) < 4.78 is 16.7. The van der Waals surface area contributed by atoms with Gasteiger partial charge >= 0.3 is 5.63 Å². The minimum absolute atomic E-state index is 0.394. The molecule has 1 N–H and O–H groups in total. The fraction of sp³-hybridized carbons (Fsp3) is 0.167. The lowest BCUT2D eigenvalue weighted by molar-refractivity contribution is 0.414. The minimum atomic E-state index is -0.410. The lowest BCUT2D eigenvalue weighted by atomic mass is 10.2. The van der Waals surface area contributed by atoms with Crippen LogP contribution in [0, 0.1) is 0 Å². The van der Waals surface area contributed by atoms with Gasteiger partial charge in [-0.3, -0.25) is 0 Å². The molecule has 3 aromatic rings. The smallest absolute Gasteiger partial charge is 0.359 e. The molecule has 0 unspecified atom stereocenters. The van der Waals surface area contributed by atoms with Crippen LogP contribution in [-0.4, -0.2) is 14.2 Å². The van der Waals surface area contributed by atoms with E-state index in [9.17, 15) is 4.79 Å². The molecule has 0 saturated heterocycles. The molecular formula is C18H16BrNO4. The molecule has 0 radical (unpaired) electrons. The van der Waals surface area contributed by atoms with Crippen LogP contribution in [0.25, 0.3) is 11.0 Å². The predicted octanol–water partition coefficient (Wildman–Crippen LogP) is 4.18. The third-order valence-corrected chi connectivity index (χ3v) is 4.44. The maximum absolute atomic E-state index is 12.1. The maximum atomic E-state index is 12.1. The number of ether oxygens (including phenoxy) is 2. The monoisotopic (exact) mass is 389 g/mol. The molecule has 0 aliphatic rings. The summed E-state index contributed by atoms with van der Waals surface area (Å²) >= 11 is 3.50. The highest BCUT2D eigenvalue weighted by atomic mass is 79.9. The molecule has 1 aromatic heterocycles. The van der Waals surface area contributed by atoms with Crippen LogP contribution in [0.4, 0.5) is 5.69 Å². The first-order valence-electron chi connectivity index (χ1n) is 7.29. The summed E-state index contributed by atoms with van der Waals surface area (Å²) in [6.07, 6.45) is 0. The Morgan fingerprint density at radius 2 is 1.75 bits per heavy atom. The molecule has 6 heteroatoms. The van der Waals surface area contributed by atoms with Crippen LogP contribution in [0.3, 0.4) is 0 Å². The molecule has 0 aliphatic carbocycles. The van der Waals surface area contributed by atoms with Crippen molar-refractivity contribution in [3.8, 4) is 11.5 Å². The number of fused-ring (bicyclic) bond motifs is 1. The summed E-state index contributed by atoms with van der Waals surface area (Å²) in [5.41, 5.74) is 1.48. The van der Waals surface area contributed by atoms with Gasteiger partial charge in [0.25, 0.3) is 0 Å². The highest BCUT2D eigenvalue weighted by Gasteiger charge is 2.08. The van der Waals surface area contributed by atoms with Crippen LogP contribution < -0.4 is 20.4 Å². The van der Waals surface area contributed by atoms with Gasteiger partial charge in [-0.25, -0.2) is 4.79 Å². The van der Waals surface area contributed by atoms with Crippen molar-refractivity contribution in [2.75, 3.05) is 19.5 Å². The molecule has 0 saturated carbocycles. The number of nitrogens with one attached hydrogen (secondary N) is 1. The third kappa shape index (κ3) is 3.38. The molecule has 124 valence electrons. The Hall–Kier alpha value is -2.47. The number of rotatable bonds is 5. The van der Waals surface area contributed by atoms with Crippen molar-refractivity contribution in [1.29, 1.82) is 0 Å². The van der Waals surface area contributed by atoms with Gasteiger partial charge in [-0.15, -0.1) is 0 Å². The molecule has 0 fully saturated rings. The van der Waals surface area contributed by atoms with Gasteiger partial charge in [0.2, 0.25) is 0 Å². The predicted molar refractivity (Wildman–Crippen MR) is 97.1 cm³/mol. The molecule has 2 aromatic carbocycles. The first-order valence-corrected chi connectivity index (χ1v) is 8.08. The second kappa shape index (κ2) is 6.97. The highest BCUT2D eigenvalue weighted by Crippen LogP contribution is 2.25. The van der Waals surface area contributed by atoms with Crippen molar-refractivity contribution in [2.24, 2.45) is 0 Å². The van der Waals surface area contributed by atoms with Gasteiger partial charge in [0.05, 0.1) is 14.2 Å². The van der Waals surface area contributed by atoms with Gasteiger partial charge in [-0.2, -0.15) is 0 Å². The number of anilines is 1. The molecular weight excluding hydrogens is 374 g/mol. The van der Waals surface area contributed by atoms with Crippen molar-refractivity contribution >= 4 is 32.6 Å². The summed E-state index contributed by atoms with van der Waals surface area (Å²) in [4.78, 5) is 12.1. The van der Waals surface area contributed by atoms with Crippen molar-refractivity contribution in [3.63, 3.8) is 0 Å². The molecule has 24 heavy (non-hydrogen) atoms. The van der Waals surface area contributed by atoms with Gasteiger partial charge in [0, 0.05) is 16.4 Å². The Kier molecular flexibility index (Phi) is 4.76. The van der Waals surface area contributed by atoms with Gasteiger partial charge in [0.15, 0.2) is 0 Å². The summed E-state index contributed by atoms with van der Waals surface area (Å²) in [5.74, 6) is 1.46. The Bertz CT molecular complexity index is 936. The van der Waals surface area contributed by atoms with Crippen molar-refractivity contribution in [3.05, 3.63) is 62.9 Å². The zero-order valence-corrected chi connectivity index (χ0v) is 14.8. The number of hydrogen-bond acceptors (Lipinski definition) is 5. The number of methoxy groups -OCH3 is 2. The zero-order chi connectivity index (χ0) is 17.1. The number of hydrogen-bond donors (Lipinski definition) is 1. The highest BCUT2D eigenvalue weighted by molar-refractivity contribution is 9.10. The molecule has 3 rings (SSSR count). The zero-order valence-electron chi connectivity index (χ0n) is 13.3. The van der Waals surface area contributed by atoms with Crippen molar-refractivity contribution in [2.45, 2.75) is 6.54 Å². The van der Waals surface area contributed by atoms with E-state index in [4.69, 9.17) is 13.9 Å². The Balaban J connectivity index is 1.89. The molecule has 0 aliphatic heterocycles. The number of halogens is 1. The standard InChI is InChI=1S/C18H16BrNO4/c1-22-13-3-5-15(19)12(8-13)10-20-16-9-11-7-14(23-2)4-6-17(11)24-18(16)21/h3-9,20H,10H2,1-2H3. The number of benzene rings is 2. The van der Waals surface area contributed by atoms with Crippen molar-refractivity contribution in [1.82, 2.24) is 0 Å². The van der Waals surface area contributed by atoms with Crippen LogP contribution in [0.2, 0.25) is 0 Å². The lowest BCUT2D eigenvalue weighted by Crippen LogP contribution is -2.10. The molecule has 1 heterocycles. The van der Waals surface area contributed by atoms with E-state index in [0.29, 0.717) is 23.6 Å². The molecule has 0 spiro atoms. The van der Waals surface area contributed by atoms with Gasteiger partial charge in [-0.05, 0) is 48.0 Å². The second-order valence-electron chi connectivity index (χ2n) is 5.16. The first-order chi connectivity index (χ1) is 11.6. The molecule has 0 amide bonds. The van der Waals surface area contributed by atoms with E-state index < -0.39 is 5.63 Å². The topological polar surface area (TPSA) is 60.7 Å². The quantitative estimate of drug-likeness (QED) is 0.663. The van der Waals surface area contributed by atoms with E-state index >= 15 is 0 Å². The molecule has 5 nitrogen and oxygen atoms in total. The average molecular weight is 390 g/mol. The lowest BCUT2D eigenvalue weighted by Gasteiger charge is -2.10. The van der Waals surface area contributed by atoms with Crippen LogP contribution in [0.1, 0.15) is 5.56 Å². The largest absolute Gasteiger partial charge is 0.497 e. The second-order valence-corrected chi connectivity index (χ2v) is 6.02. The summed E-state index contributed by atoms with van der Waals surface area (Å²) in [5, 5.41) is 3.91. The third-order valence-electron chi connectivity index (χ3n) is 3.66. The summed E-state index contributed by atoms with van der Waals surface area (Å²) in [6, 6.07) is 12.7. The fourth-order valence-electron chi connectivity index (χ4n) is 2.36. The first kappa shape index (κ1) is 16.4. The normalized spacial score (nSPS) is 10.6. The van der Waals surface area contributed by atoms with Gasteiger partial charge in [-0.1, -0.05) is 15.9 Å². The van der Waals surface area contributed by atoms with Crippen LogP contribution in [0.15, 0.2) is 56.1 Å². The Morgan fingerprint density at radius 1 is 1.04 bits per heavy atom. The van der Waals surface area contributed by atoms with E-state index in [0.717, 1.165) is 21.2 Å². The van der Waals surface area contributed by atoms with E-state index in [1.54, 1.807) is 32.4 Å². The fourth-order valence-corrected chi connectivity index (χ4v) is 2.74. The SMILES string of the molecule is COc1ccc(Br)c(CNc2cc3cc(OC)ccc3oc2=O)c1. The van der Waals surface area contributed by atoms with Crippen molar-refractivity contribution < 1.29 is 13.9 Å².